The van der Waals surface area contributed by atoms with E-state index in [4.69, 9.17) is 14.6 Å². The third kappa shape index (κ3) is 4.60. The molecule has 0 bridgehead atoms. The molecule has 1 N–H and O–H groups in total. The number of halogens is 4. The molecule has 0 saturated heterocycles. The van der Waals surface area contributed by atoms with Crippen molar-refractivity contribution in [3.8, 4) is 5.75 Å². The highest BCUT2D eigenvalue weighted by Crippen LogP contribution is 2.47. The van der Waals surface area contributed by atoms with E-state index >= 15 is 0 Å². The quantitative estimate of drug-likeness (QED) is 0.480. The second-order valence-electron chi connectivity index (χ2n) is 6.97. The van der Waals surface area contributed by atoms with Crippen LogP contribution in [0.15, 0.2) is 47.9 Å². The van der Waals surface area contributed by atoms with Crippen LogP contribution in [0.1, 0.15) is 17.2 Å². The van der Waals surface area contributed by atoms with E-state index in [1.54, 1.807) is 0 Å². The summed E-state index contributed by atoms with van der Waals surface area (Å²) in [6, 6.07) is 3.27. The van der Waals surface area contributed by atoms with E-state index < -0.39 is 66.6 Å². The molecule has 31 heavy (non-hydrogen) atoms. The van der Waals surface area contributed by atoms with Gasteiger partial charge in [0.15, 0.2) is 21.4 Å². The van der Waals surface area contributed by atoms with E-state index in [0.717, 1.165) is 12.1 Å². The first-order valence-corrected chi connectivity index (χ1v) is 10.9. The van der Waals surface area contributed by atoms with Gasteiger partial charge in [-0.25, -0.2) is 26.0 Å². The average molecular weight is 460 g/mol. The van der Waals surface area contributed by atoms with Crippen LogP contribution in [-0.4, -0.2) is 39.4 Å². The molecule has 0 radical (unpaired) electrons. The summed E-state index contributed by atoms with van der Waals surface area (Å²) in [7, 11) is -4.64. The normalized spacial score (nSPS) is 19.4. The molecule has 1 aliphatic heterocycles. The number of aliphatic hydroxyl groups is 1. The molecule has 10 heteroatoms. The first-order chi connectivity index (χ1) is 14.7. The highest BCUT2D eigenvalue weighted by atomic mass is 32.2. The monoisotopic (exact) mass is 460 g/mol. The van der Waals surface area contributed by atoms with Gasteiger partial charge in [0.05, 0.1) is 36.4 Å². The summed E-state index contributed by atoms with van der Waals surface area (Å²) >= 11 is 0. The van der Waals surface area contributed by atoms with E-state index in [-0.39, 0.29) is 26.2 Å². The number of aliphatic hydroxyl groups excluding tert-OH is 1. The summed E-state index contributed by atoms with van der Waals surface area (Å²) in [4.78, 5) is -0.726. The van der Waals surface area contributed by atoms with Crippen molar-refractivity contribution in [1.29, 1.82) is 0 Å². The van der Waals surface area contributed by atoms with Gasteiger partial charge in [-0.3, -0.25) is 0 Å². The third-order valence-corrected chi connectivity index (χ3v) is 7.13. The van der Waals surface area contributed by atoms with Gasteiger partial charge < -0.3 is 14.6 Å². The van der Waals surface area contributed by atoms with Crippen LogP contribution in [0.25, 0.3) is 0 Å². The van der Waals surface area contributed by atoms with Crippen LogP contribution in [0.3, 0.4) is 0 Å². The van der Waals surface area contributed by atoms with Crippen LogP contribution in [0.4, 0.5) is 17.6 Å². The van der Waals surface area contributed by atoms with Gasteiger partial charge in [-0.05, 0) is 30.7 Å². The molecule has 0 saturated carbocycles. The van der Waals surface area contributed by atoms with Crippen molar-refractivity contribution in [2.24, 2.45) is 5.92 Å². The van der Waals surface area contributed by atoms with Gasteiger partial charge in [0.25, 0.3) is 0 Å². The highest BCUT2D eigenvalue weighted by Gasteiger charge is 2.47. The van der Waals surface area contributed by atoms with Gasteiger partial charge in [0.1, 0.15) is 22.7 Å². The number of hydrogen-bond acceptors (Lipinski definition) is 5. The minimum Gasteiger partial charge on any atom is -0.490 e. The maximum Gasteiger partial charge on any atom is 0.186 e. The second kappa shape index (κ2) is 9.37. The molecule has 0 spiro atoms. The van der Waals surface area contributed by atoms with Gasteiger partial charge in [-0.15, -0.1) is 6.58 Å². The molecule has 1 aliphatic rings. The Bertz CT molecular complexity index is 1050. The zero-order valence-corrected chi connectivity index (χ0v) is 17.0. The van der Waals surface area contributed by atoms with Crippen molar-refractivity contribution in [2.45, 2.75) is 22.7 Å². The number of ether oxygens (including phenoxy) is 2. The van der Waals surface area contributed by atoms with Crippen molar-refractivity contribution in [2.75, 3.05) is 19.8 Å². The Hall–Kier alpha value is -2.43. The van der Waals surface area contributed by atoms with Crippen LogP contribution >= 0.6 is 0 Å². The van der Waals surface area contributed by atoms with Crippen LogP contribution < -0.4 is 4.74 Å². The molecule has 3 atom stereocenters. The van der Waals surface area contributed by atoms with Crippen molar-refractivity contribution in [1.82, 2.24) is 0 Å². The van der Waals surface area contributed by atoms with Crippen molar-refractivity contribution < 1.29 is 40.6 Å². The minimum absolute atomic E-state index is 0.101. The average Bonchev–Trinajstić information content (AvgIpc) is 2.72. The van der Waals surface area contributed by atoms with Crippen molar-refractivity contribution in [3.05, 3.63) is 71.8 Å². The maximum absolute atomic E-state index is 14.8. The summed E-state index contributed by atoms with van der Waals surface area (Å²) in [6.07, 6.45) is 0.619. The van der Waals surface area contributed by atoms with Gasteiger partial charge in [-0.1, -0.05) is 6.08 Å². The topological polar surface area (TPSA) is 72.8 Å². The fraction of sp³-hybridized carbons (Fsp3) is 0.333. The van der Waals surface area contributed by atoms with Gasteiger partial charge in [0, 0.05) is 12.0 Å². The standard InChI is InChI=1S/C21H20F4O5S/c1-2-3-18(29-7-6-26)15-11-30-20-17(25)5-4-16(24)19(20)21(15)31(27,28)14-9-12(22)8-13(23)10-14/h2,4-5,8-10,15,18,21,26H,1,3,6-7,11H2/t15?,18-,21-/m0/s1. The van der Waals surface area contributed by atoms with Crippen molar-refractivity contribution >= 4 is 9.84 Å². The molecular formula is C21H20F4O5S. The Morgan fingerprint density at radius 1 is 1.16 bits per heavy atom. The van der Waals surface area contributed by atoms with E-state index in [9.17, 15) is 26.0 Å². The molecule has 0 fully saturated rings. The van der Waals surface area contributed by atoms with Crippen LogP contribution in [0.2, 0.25) is 0 Å². The molecule has 0 amide bonds. The zero-order valence-electron chi connectivity index (χ0n) is 16.2. The lowest BCUT2D eigenvalue weighted by atomic mass is 9.89. The third-order valence-electron chi connectivity index (χ3n) is 4.99. The largest absolute Gasteiger partial charge is 0.490 e. The summed E-state index contributed by atoms with van der Waals surface area (Å²) < 4.78 is 94.6. The number of benzene rings is 2. The summed E-state index contributed by atoms with van der Waals surface area (Å²) in [6.45, 7) is 2.68. The Balaban J connectivity index is 2.23. The molecular weight excluding hydrogens is 440 g/mol. The second-order valence-corrected chi connectivity index (χ2v) is 9.04. The molecule has 0 aromatic heterocycles. The van der Waals surface area contributed by atoms with E-state index in [2.05, 4.69) is 6.58 Å². The SMILES string of the molecule is C=CC[C@H](OCCO)C1COc2c(F)ccc(F)c2[C@H]1S(=O)(=O)c1cc(F)cc(F)c1. The lowest BCUT2D eigenvalue weighted by Gasteiger charge is -2.37. The molecule has 3 rings (SSSR count). The Morgan fingerprint density at radius 3 is 2.42 bits per heavy atom. The Labute approximate surface area is 176 Å². The molecule has 2 aromatic carbocycles. The minimum atomic E-state index is -4.64. The molecule has 1 heterocycles. The van der Waals surface area contributed by atoms with E-state index in [1.165, 1.54) is 6.08 Å². The van der Waals surface area contributed by atoms with Gasteiger partial charge in [-0.2, -0.15) is 0 Å². The predicted octanol–water partition coefficient (Wildman–Crippen LogP) is 3.72. The predicted molar refractivity (Wildman–Crippen MR) is 103 cm³/mol. The van der Waals surface area contributed by atoms with Crippen LogP contribution in [0.5, 0.6) is 5.75 Å². The molecule has 1 unspecified atom stereocenters. The number of hydrogen-bond donors (Lipinski definition) is 1. The Morgan fingerprint density at radius 2 is 1.81 bits per heavy atom. The number of rotatable bonds is 8. The number of sulfone groups is 1. The van der Waals surface area contributed by atoms with Crippen LogP contribution in [0, 0.1) is 29.2 Å². The molecule has 168 valence electrons. The fourth-order valence-electron chi connectivity index (χ4n) is 3.70. The first kappa shape index (κ1) is 23.2. The summed E-state index contributed by atoms with van der Waals surface area (Å²) in [5.74, 6) is -5.98. The number of fused-ring (bicyclic) bond motifs is 1. The van der Waals surface area contributed by atoms with E-state index in [0.29, 0.717) is 18.2 Å². The molecule has 0 aliphatic carbocycles. The summed E-state index contributed by atoms with van der Waals surface area (Å²) in [5, 5.41) is 7.32. The van der Waals surface area contributed by atoms with E-state index in [1.807, 2.05) is 0 Å². The lowest BCUT2D eigenvalue weighted by molar-refractivity contribution is -0.0223. The smallest absolute Gasteiger partial charge is 0.186 e. The van der Waals surface area contributed by atoms with Gasteiger partial charge in [0.2, 0.25) is 0 Å². The lowest BCUT2D eigenvalue weighted by Crippen LogP contribution is -2.41. The first-order valence-electron chi connectivity index (χ1n) is 9.34. The molecule has 2 aromatic rings. The highest BCUT2D eigenvalue weighted by molar-refractivity contribution is 7.91. The van der Waals surface area contributed by atoms with Gasteiger partial charge >= 0.3 is 0 Å². The summed E-state index contributed by atoms with van der Waals surface area (Å²) in [5.41, 5.74) is -0.581. The Kier molecular flexibility index (Phi) is 7.03. The molecule has 5 nitrogen and oxygen atoms in total. The van der Waals surface area contributed by atoms with Crippen LogP contribution in [-0.2, 0) is 14.6 Å². The fourth-order valence-corrected chi connectivity index (χ4v) is 5.79. The zero-order chi connectivity index (χ0) is 22.8. The maximum atomic E-state index is 14.8. The van der Waals surface area contributed by atoms with Crippen molar-refractivity contribution in [3.63, 3.8) is 0 Å².